The van der Waals surface area contributed by atoms with Crippen LogP contribution in [-0.2, 0) is 12.8 Å². The number of hydrogen-bond acceptors (Lipinski definition) is 0. The van der Waals surface area contributed by atoms with Gasteiger partial charge >= 0.3 is 0 Å². The van der Waals surface area contributed by atoms with Crippen molar-refractivity contribution in [1.29, 1.82) is 0 Å². The Kier molecular flexibility index (Phi) is 18.8. The fraction of sp³-hybridized carbons (Fsp3) is 0.750. The highest BCUT2D eigenvalue weighted by atomic mass is 14.3. The van der Waals surface area contributed by atoms with Crippen LogP contribution >= 0.6 is 0 Å². The molecule has 0 unspecified atom stereocenters. The predicted molar refractivity (Wildman–Crippen MR) is 214 cm³/mol. The van der Waals surface area contributed by atoms with E-state index in [1.54, 1.807) is 11.1 Å². The lowest BCUT2D eigenvalue weighted by molar-refractivity contribution is 0.248. The molecule has 48 heavy (non-hydrogen) atoms. The molecule has 0 spiro atoms. The summed E-state index contributed by atoms with van der Waals surface area (Å²) in [6, 6.07) is 14.7. The molecule has 270 valence electrons. The lowest BCUT2D eigenvalue weighted by Crippen LogP contribution is -2.15. The molecular formula is C48H78. The van der Waals surface area contributed by atoms with Crippen molar-refractivity contribution in [2.45, 2.75) is 207 Å². The van der Waals surface area contributed by atoms with Gasteiger partial charge in [0.15, 0.2) is 0 Å². The maximum atomic E-state index is 2.49. The van der Waals surface area contributed by atoms with E-state index in [1.165, 1.54) is 202 Å². The number of unbranched alkanes of at least 4 members (excludes halogenated alkanes) is 12. The van der Waals surface area contributed by atoms with Crippen LogP contribution in [0.1, 0.15) is 203 Å². The molecular weight excluding hydrogens is 577 g/mol. The zero-order chi connectivity index (χ0) is 33.8. The summed E-state index contributed by atoms with van der Waals surface area (Å²) in [4.78, 5) is 0. The first kappa shape index (κ1) is 39.2. The van der Waals surface area contributed by atoms with E-state index in [1.807, 2.05) is 0 Å². The van der Waals surface area contributed by atoms with Gasteiger partial charge in [-0.25, -0.2) is 0 Å². The molecule has 0 N–H and O–H groups in total. The molecule has 0 amide bonds. The van der Waals surface area contributed by atoms with E-state index in [2.05, 4.69) is 64.1 Å². The minimum atomic E-state index is 0.953. The van der Waals surface area contributed by atoms with Gasteiger partial charge in [-0.05, 0) is 96.6 Å². The third kappa shape index (κ3) is 14.4. The predicted octanol–water partition coefficient (Wildman–Crippen LogP) is 15.7. The van der Waals surface area contributed by atoms with Gasteiger partial charge in [0.2, 0.25) is 0 Å². The zero-order valence-electron chi connectivity index (χ0n) is 32.6. The van der Waals surface area contributed by atoms with Crippen molar-refractivity contribution in [3.63, 3.8) is 0 Å². The van der Waals surface area contributed by atoms with Crippen molar-refractivity contribution in [2.24, 2.45) is 23.7 Å². The average molecular weight is 655 g/mol. The van der Waals surface area contributed by atoms with E-state index >= 15 is 0 Å². The Labute approximate surface area is 300 Å². The van der Waals surface area contributed by atoms with Gasteiger partial charge in [-0.15, -0.1) is 0 Å². The molecule has 0 aromatic heterocycles. The van der Waals surface area contributed by atoms with Crippen molar-refractivity contribution >= 4 is 0 Å². The van der Waals surface area contributed by atoms with E-state index in [4.69, 9.17) is 0 Å². The molecule has 2 aliphatic rings. The largest absolute Gasteiger partial charge is 0.0654 e. The average Bonchev–Trinajstić information content (AvgIpc) is 3.10. The number of benzene rings is 2. The minimum Gasteiger partial charge on any atom is -0.0654 e. The van der Waals surface area contributed by atoms with E-state index in [9.17, 15) is 0 Å². The summed E-state index contributed by atoms with van der Waals surface area (Å²) in [6.45, 7) is 9.32. The van der Waals surface area contributed by atoms with Gasteiger partial charge in [0.25, 0.3) is 0 Å². The van der Waals surface area contributed by atoms with E-state index in [0.29, 0.717) is 0 Å². The van der Waals surface area contributed by atoms with Gasteiger partial charge in [-0.2, -0.15) is 0 Å². The molecule has 2 aromatic carbocycles. The summed E-state index contributed by atoms with van der Waals surface area (Å²) in [5, 5.41) is 0. The third-order valence-electron chi connectivity index (χ3n) is 13.0. The van der Waals surface area contributed by atoms with E-state index in [0.717, 1.165) is 23.7 Å². The molecule has 2 saturated carbocycles. The topological polar surface area (TPSA) is 0 Å². The number of rotatable bonds is 23. The van der Waals surface area contributed by atoms with Gasteiger partial charge < -0.3 is 0 Å². The normalized spacial score (nSPS) is 21.5. The van der Waals surface area contributed by atoms with E-state index in [-0.39, 0.29) is 0 Å². The molecule has 2 aliphatic carbocycles. The second kappa shape index (κ2) is 23.0. The Morgan fingerprint density at radius 2 is 0.896 bits per heavy atom. The summed E-state index contributed by atoms with van der Waals surface area (Å²) in [5.41, 5.74) is 8.91. The van der Waals surface area contributed by atoms with Crippen molar-refractivity contribution in [3.05, 3.63) is 58.7 Å². The second-order valence-corrected chi connectivity index (χ2v) is 17.0. The van der Waals surface area contributed by atoms with Gasteiger partial charge in [0.1, 0.15) is 0 Å². The van der Waals surface area contributed by atoms with Crippen LogP contribution < -0.4 is 0 Å². The SMILES string of the molecule is CCCCCCCCCC1CCC(CCc2ccc(-c3ccc(CCC4CCC(CCCCCCCCC)CC4)c(C)c3)c(C)c2)CC1. The standard InChI is InChI=1S/C48H78/c1-5-7-9-11-13-15-17-19-41-21-25-43(26-22-41)29-30-45-32-36-48(40(4)37-45)47-35-34-46(39(3)38-47)33-31-44-27-23-42(24-28-44)20-18-16-14-12-10-8-6-2/h32,34-38,41-44H,5-31,33H2,1-4H3. The van der Waals surface area contributed by atoms with Crippen LogP contribution in [0.2, 0.25) is 0 Å². The van der Waals surface area contributed by atoms with Crippen molar-refractivity contribution in [2.75, 3.05) is 0 Å². The molecule has 0 atom stereocenters. The van der Waals surface area contributed by atoms with Gasteiger partial charge in [0.05, 0.1) is 0 Å². The number of hydrogen-bond donors (Lipinski definition) is 0. The fourth-order valence-corrected chi connectivity index (χ4v) is 9.48. The first-order valence-corrected chi connectivity index (χ1v) is 21.7. The molecule has 2 fully saturated rings. The Morgan fingerprint density at radius 1 is 0.438 bits per heavy atom. The monoisotopic (exact) mass is 655 g/mol. The van der Waals surface area contributed by atoms with Gasteiger partial charge in [0, 0.05) is 0 Å². The van der Waals surface area contributed by atoms with Crippen LogP contribution in [0.5, 0.6) is 0 Å². The first-order valence-electron chi connectivity index (χ1n) is 21.7. The zero-order valence-corrected chi connectivity index (χ0v) is 32.6. The van der Waals surface area contributed by atoms with Crippen molar-refractivity contribution < 1.29 is 0 Å². The Morgan fingerprint density at radius 3 is 1.38 bits per heavy atom. The molecule has 0 bridgehead atoms. The lowest BCUT2D eigenvalue weighted by atomic mass is 9.77. The van der Waals surface area contributed by atoms with Crippen LogP contribution in [0.25, 0.3) is 11.1 Å². The maximum Gasteiger partial charge on any atom is -0.0154 e. The quantitative estimate of drug-likeness (QED) is 0.105. The van der Waals surface area contributed by atoms with E-state index < -0.39 is 0 Å². The lowest BCUT2D eigenvalue weighted by Gasteiger charge is -2.29. The smallest absolute Gasteiger partial charge is 0.0154 e. The minimum absolute atomic E-state index is 0.953. The molecule has 0 saturated heterocycles. The molecule has 0 aliphatic heterocycles. The van der Waals surface area contributed by atoms with Crippen LogP contribution in [0.4, 0.5) is 0 Å². The van der Waals surface area contributed by atoms with Crippen LogP contribution in [0.15, 0.2) is 36.4 Å². The molecule has 0 heteroatoms. The van der Waals surface area contributed by atoms with Crippen molar-refractivity contribution in [1.82, 2.24) is 0 Å². The fourth-order valence-electron chi connectivity index (χ4n) is 9.48. The molecule has 0 radical (unpaired) electrons. The van der Waals surface area contributed by atoms with Gasteiger partial charge in [-0.1, -0.05) is 204 Å². The van der Waals surface area contributed by atoms with Gasteiger partial charge in [-0.3, -0.25) is 0 Å². The molecule has 4 rings (SSSR count). The van der Waals surface area contributed by atoms with Crippen molar-refractivity contribution in [3.8, 4) is 11.1 Å². The summed E-state index contributed by atoms with van der Waals surface area (Å²) in [6.07, 6.45) is 40.5. The molecule has 2 aromatic rings. The second-order valence-electron chi connectivity index (χ2n) is 17.0. The van der Waals surface area contributed by atoms with Crippen LogP contribution in [0, 0.1) is 37.5 Å². The molecule has 0 nitrogen and oxygen atoms in total. The summed E-state index contributed by atoms with van der Waals surface area (Å²) in [7, 11) is 0. The number of aryl methyl sites for hydroxylation is 4. The van der Waals surface area contributed by atoms with Crippen LogP contribution in [0.3, 0.4) is 0 Å². The Bertz CT molecular complexity index is 1110. The Hall–Kier alpha value is -1.56. The highest BCUT2D eigenvalue weighted by Crippen LogP contribution is 2.36. The van der Waals surface area contributed by atoms with Crippen LogP contribution in [-0.4, -0.2) is 0 Å². The summed E-state index contributed by atoms with van der Waals surface area (Å²) in [5.74, 6) is 3.96. The third-order valence-corrected chi connectivity index (χ3v) is 13.0. The summed E-state index contributed by atoms with van der Waals surface area (Å²) >= 11 is 0. The highest BCUT2D eigenvalue weighted by Gasteiger charge is 2.22. The summed E-state index contributed by atoms with van der Waals surface area (Å²) < 4.78 is 0. The maximum absolute atomic E-state index is 2.49. The Balaban J connectivity index is 1.11. The highest BCUT2D eigenvalue weighted by molar-refractivity contribution is 5.68. The first-order chi connectivity index (χ1) is 23.6. The molecule has 0 heterocycles.